The van der Waals surface area contributed by atoms with E-state index in [9.17, 15) is 18.5 Å². The van der Waals surface area contributed by atoms with E-state index >= 15 is 0 Å². The molecule has 0 saturated carbocycles. The first-order valence-electron chi connectivity index (χ1n) is 3.54. The maximum absolute atomic E-state index is 10.6. The molecule has 0 fully saturated rings. The average molecular weight is 234 g/mol. The molecular formula is C6H6N2O6S. The van der Waals surface area contributed by atoms with Crippen LogP contribution < -0.4 is 5.23 Å². The van der Waals surface area contributed by atoms with Crippen LogP contribution >= 0.6 is 0 Å². The molecule has 0 radical (unpaired) electrons. The second-order valence-corrected chi connectivity index (χ2v) is 3.47. The molecule has 0 amide bonds. The van der Waals surface area contributed by atoms with Gasteiger partial charge in [-0.2, -0.15) is 0 Å². The number of benzene rings is 1. The third kappa shape index (κ3) is 2.40. The van der Waals surface area contributed by atoms with Crippen molar-refractivity contribution in [1.82, 2.24) is 0 Å². The van der Waals surface area contributed by atoms with Gasteiger partial charge in [-0.1, -0.05) is 0 Å². The zero-order chi connectivity index (χ0) is 11.6. The first-order valence-corrected chi connectivity index (χ1v) is 4.72. The first kappa shape index (κ1) is 11.4. The summed E-state index contributed by atoms with van der Waals surface area (Å²) < 4.78 is 21.2. The summed E-state index contributed by atoms with van der Waals surface area (Å²) in [6, 6.07) is 2.67. The lowest BCUT2D eigenvalue weighted by molar-refractivity contribution is -0.387. The third-order valence-corrected chi connectivity index (χ3v) is 2.35. The quantitative estimate of drug-likeness (QED) is 0.386. The van der Waals surface area contributed by atoms with Crippen LogP contribution in [-0.2, 0) is 10.7 Å². The molecule has 0 heterocycles. The average Bonchev–Trinajstić information content (AvgIpc) is 2.16. The van der Waals surface area contributed by atoms with E-state index in [1.165, 1.54) is 0 Å². The number of nitrogens with zero attached hydrogens (tertiary/aromatic N) is 2. The molecule has 1 aromatic carbocycles. The number of nitro groups is 1. The Morgan fingerprint density at radius 3 is 2.33 bits per heavy atom. The molecule has 8 nitrogen and oxygen atoms in total. The molecule has 2 N–H and O–H groups in total. The van der Waals surface area contributed by atoms with E-state index in [1.807, 2.05) is 0 Å². The van der Waals surface area contributed by atoms with E-state index in [4.69, 9.17) is 10.4 Å². The predicted octanol–water partition coefficient (Wildman–Crippen LogP) is 0.150. The molecule has 1 rings (SSSR count). The number of hydrogen-bond acceptors (Lipinski definition) is 7. The van der Waals surface area contributed by atoms with Crippen molar-refractivity contribution in [3.05, 3.63) is 28.3 Å². The molecule has 1 aromatic rings. The second-order valence-electron chi connectivity index (χ2n) is 2.48. The standard InChI is InChI=1S/C6H6N2O6S/c9-7(10)4-1-2-6(15(13)14)5(3-4)8(11)12/h1-3,9-10,15H. The zero-order valence-corrected chi connectivity index (χ0v) is 8.00. The summed E-state index contributed by atoms with van der Waals surface area (Å²) >= 11 is 0. The van der Waals surface area contributed by atoms with Crippen LogP contribution in [0.3, 0.4) is 0 Å². The predicted molar refractivity (Wildman–Crippen MR) is 47.7 cm³/mol. The molecular weight excluding hydrogens is 228 g/mol. The van der Waals surface area contributed by atoms with E-state index in [2.05, 4.69) is 0 Å². The summed E-state index contributed by atoms with van der Waals surface area (Å²) in [5, 5.41) is 27.3. The summed E-state index contributed by atoms with van der Waals surface area (Å²) in [5.41, 5.74) is -1.01. The molecule has 15 heavy (non-hydrogen) atoms. The first-order chi connectivity index (χ1) is 6.93. The van der Waals surface area contributed by atoms with Crippen LogP contribution in [0.15, 0.2) is 23.1 Å². The Balaban J connectivity index is 3.40. The van der Waals surface area contributed by atoms with Crippen LogP contribution in [0.4, 0.5) is 11.4 Å². The minimum Gasteiger partial charge on any atom is -0.264 e. The normalized spacial score (nSPS) is 10.3. The highest BCUT2D eigenvalue weighted by Crippen LogP contribution is 2.25. The fraction of sp³-hybridized carbons (Fsp3) is 0. The molecule has 82 valence electrons. The van der Waals surface area contributed by atoms with Crippen molar-refractivity contribution in [2.75, 3.05) is 5.23 Å². The highest BCUT2D eigenvalue weighted by atomic mass is 32.2. The van der Waals surface area contributed by atoms with E-state index in [0.717, 1.165) is 18.2 Å². The van der Waals surface area contributed by atoms with Gasteiger partial charge in [-0.05, 0) is 12.1 Å². The number of nitro benzene ring substituents is 1. The summed E-state index contributed by atoms with van der Waals surface area (Å²) in [5.74, 6) is 0. The minimum absolute atomic E-state index is 0.303. The lowest BCUT2D eigenvalue weighted by Gasteiger charge is -2.07. The monoisotopic (exact) mass is 234 g/mol. The number of thiol groups is 1. The Bertz CT molecular complexity index is 461. The van der Waals surface area contributed by atoms with Crippen molar-refractivity contribution in [1.29, 1.82) is 0 Å². The van der Waals surface area contributed by atoms with Crippen molar-refractivity contribution < 1.29 is 23.8 Å². The Morgan fingerprint density at radius 1 is 1.33 bits per heavy atom. The van der Waals surface area contributed by atoms with Crippen LogP contribution in [0.5, 0.6) is 0 Å². The van der Waals surface area contributed by atoms with Crippen LogP contribution in [0.1, 0.15) is 0 Å². The van der Waals surface area contributed by atoms with Gasteiger partial charge in [-0.3, -0.25) is 20.5 Å². The number of hydrogen-bond donors (Lipinski definition) is 3. The van der Waals surface area contributed by atoms with Gasteiger partial charge in [-0.15, -0.1) is 5.23 Å². The molecule has 0 bridgehead atoms. The second kappa shape index (κ2) is 4.21. The number of anilines is 1. The molecule has 0 atom stereocenters. The molecule has 0 spiro atoms. The van der Waals surface area contributed by atoms with E-state index < -0.39 is 26.2 Å². The third-order valence-electron chi connectivity index (χ3n) is 1.58. The van der Waals surface area contributed by atoms with Gasteiger partial charge in [0.2, 0.25) is 0 Å². The Labute approximate surface area is 85.0 Å². The lowest BCUT2D eigenvalue weighted by Crippen LogP contribution is -2.11. The van der Waals surface area contributed by atoms with Gasteiger partial charge in [0.05, 0.1) is 4.92 Å². The topological polar surface area (TPSA) is 121 Å². The zero-order valence-electron chi connectivity index (χ0n) is 7.10. The van der Waals surface area contributed by atoms with Crippen molar-refractivity contribution in [2.24, 2.45) is 0 Å². The van der Waals surface area contributed by atoms with Crippen LogP contribution in [0, 0.1) is 10.1 Å². The van der Waals surface area contributed by atoms with Crippen LogP contribution in [-0.4, -0.2) is 23.8 Å². The highest BCUT2D eigenvalue weighted by Gasteiger charge is 2.17. The Hall–Kier alpha value is -1.71. The van der Waals surface area contributed by atoms with Gasteiger partial charge in [0.15, 0.2) is 10.7 Å². The van der Waals surface area contributed by atoms with E-state index in [1.54, 1.807) is 0 Å². The molecule has 0 saturated heterocycles. The maximum Gasteiger partial charge on any atom is 0.289 e. The smallest absolute Gasteiger partial charge is 0.264 e. The van der Waals surface area contributed by atoms with Crippen molar-refractivity contribution in [2.45, 2.75) is 4.90 Å². The van der Waals surface area contributed by atoms with Crippen LogP contribution in [0.2, 0.25) is 0 Å². The molecule has 0 aromatic heterocycles. The van der Waals surface area contributed by atoms with Gasteiger partial charge in [0.25, 0.3) is 5.69 Å². The van der Waals surface area contributed by atoms with Gasteiger partial charge in [-0.25, -0.2) is 8.42 Å². The van der Waals surface area contributed by atoms with Gasteiger partial charge >= 0.3 is 0 Å². The minimum atomic E-state index is -3.10. The SMILES string of the molecule is O=[N+]([O-])c1cc(N(O)O)ccc1[SH](=O)=O. The van der Waals surface area contributed by atoms with Gasteiger partial charge < -0.3 is 0 Å². The van der Waals surface area contributed by atoms with Gasteiger partial charge in [0, 0.05) is 6.07 Å². The van der Waals surface area contributed by atoms with Gasteiger partial charge in [0.1, 0.15) is 10.6 Å². The largest absolute Gasteiger partial charge is 0.289 e. The fourth-order valence-electron chi connectivity index (χ4n) is 0.937. The molecule has 9 heteroatoms. The molecule has 0 unspecified atom stereocenters. The molecule has 0 aliphatic heterocycles. The lowest BCUT2D eigenvalue weighted by atomic mass is 10.3. The fourth-order valence-corrected chi connectivity index (χ4v) is 1.47. The van der Waals surface area contributed by atoms with Crippen molar-refractivity contribution >= 4 is 22.1 Å². The summed E-state index contributed by atoms with van der Waals surface area (Å²) in [6.07, 6.45) is 0. The van der Waals surface area contributed by atoms with Crippen LogP contribution in [0.25, 0.3) is 0 Å². The van der Waals surface area contributed by atoms with Crippen molar-refractivity contribution in [3.63, 3.8) is 0 Å². The molecule has 0 aliphatic carbocycles. The molecule has 0 aliphatic rings. The summed E-state index contributed by atoms with van der Waals surface area (Å²) in [7, 11) is -3.10. The van der Waals surface area contributed by atoms with E-state index in [-0.39, 0.29) is 10.9 Å². The highest BCUT2D eigenvalue weighted by molar-refractivity contribution is 7.72. The summed E-state index contributed by atoms with van der Waals surface area (Å²) in [6.45, 7) is 0. The Morgan fingerprint density at radius 2 is 1.93 bits per heavy atom. The summed E-state index contributed by atoms with van der Waals surface area (Å²) in [4.78, 5) is 9.05. The maximum atomic E-state index is 10.6. The Kier molecular flexibility index (Phi) is 3.19. The van der Waals surface area contributed by atoms with Crippen molar-refractivity contribution in [3.8, 4) is 0 Å². The van der Waals surface area contributed by atoms with E-state index in [0.29, 0.717) is 0 Å². The number of rotatable bonds is 3.